The van der Waals surface area contributed by atoms with Crippen molar-refractivity contribution >= 4 is 0 Å². The van der Waals surface area contributed by atoms with Crippen molar-refractivity contribution in [3.63, 3.8) is 0 Å². The van der Waals surface area contributed by atoms with E-state index in [0.717, 1.165) is 28.7 Å². The van der Waals surface area contributed by atoms with Crippen molar-refractivity contribution in [2.45, 2.75) is 39.2 Å². The van der Waals surface area contributed by atoms with Crippen LogP contribution in [0.5, 0.6) is 5.75 Å². The zero-order valence-corrected chi connectivity index (χ0v) is 20.0. The number of hydrogen-bond donors (Lipinski definition) is 1. The van der Waals surface area contributed by atoms with E-state index in [9.17, 15) is 5.11 Å². The second kappa shape index (κ2) is 11.6. The fourth-order valence-electron chi connectivity index (χ4n) is 4.22. The quantitative estimate of drug-likeness (QED) is 0.151. The van der Waals surface area contributed by atoms with Crippen LogP contribution in [-0.4, -0.2) is 12.2 Å². The smallest absolute Gasteiger partial charge is 0.166 e. The van der Waals surface area contributed by atoms with Crippen LogP contribution in [0.3, 0.4) is 0 Å². The van der Waals surface area contributed by atoms with Crippen molar-refractivity contribution in [3.05, 3.63) is 102 Å². The van der Waals surface area contributed by atoms with Gasteiger partial charge < -0.3 is 9.99 Å². The normalized spacial score (nSPS) is 10.9. The predicted molar refractivity (Wildman–Crippen MR) is 140 cm³/mol. The van der Waals surface area contributed by atoms with Crippen molar-refractivity contribution in [3.8, 4) is 39.1 Å². The summed E-state index contributed by atoms with van der Waals surface area (Å²) in [5, 5.41) is 9.56. The molecule has 0 aromatic heterocycles. The Labute approximate surface area is 202 Å². The van der Waals surface area contributed by atoms with E-state index in [1.54, 1.807) is 6.07 Å². The molecule has 0 aliphatic carbocycles. The number of unbranched alkanes of at least 4 members (excludes halogenated alkanes) is 2. The van der Waals surface area contributed by atoms with Crippen molar-refractivity contribution in [2.75, 3.05) is 7.11 Å². The number of aryl methyl sites for hydroxylation is 1. The molecule has 0 spiro atoms. The second-order valence-electron chi connectivity index (χ2n) is 8.58. The van der Waals surface area contributed by atoms with Gasteiger partial charge in [0.05, 0.1) is 13.7 Å². The molecule has 3 nitrogen and oxygen atoms in total. The Hall–Kier alpha value is -3.40. The maximum atomic E-state index is 9.56. The molecule has 0 bridgehead atoms. The van der Waals surface area contributed by atoms with Crippen LogP contribution >= 0.6 is 0 Å². The summed E-state index contributed by atoms with van der Waals surface area (Å²) in [6.07, 6.45) is 4.98. The number of rotatable bonds is 10. The number of aliphatic hydroxyl groups excluding tert-OH is 1. The summed E-state index contributed by atoms with van der Waals surface area (Å²) in [6, 6.07) is 31.8. The van der Waals surface area contributed by atoms with E-state index in [2.05, 4.69) is 79.7 Å². The van der Waals surface area contributed by atoms with Gasteiger partial charge in [0.1, 0.15) is 0 Å². The Bertz CT molecular complexity index is 1180. The van der Waals surface area contributed by atoms with Crippen LogP contribution in [0.15, 0.2) is 91.0 Å². The highest BCUT2D eigenvalue weighted by atomic mass is 17.2. The van der Waals surface area contributed by atoms with E-state index in [-0.39, 0.29) is 6.61 Å². The molecule has 4 aromatic carbocycles. The summed E-state index contributed by atoms with van der Waals surface area (Å²) >= 11 is 0. The molecule has 3 heteroatoms. The van der Waals surface area contributed by atoms with Gasteiger partial charge in [-0.2, -0.15) is 4.89 Å². The highest BCUT2D eigenvalue weighted by Crippen LogP contribution is 2.30. The topological polar surface area (TPSA) is 38.7 Å². The molecule has 0 aliphatic rings. The number of aliphatic hydroxyl groups is 1. The molecule has 0 heterocycles. The van der Waals surface area contributed by atoms with Gasteiger partial charge in [-0.05, 0) is 75.5 Å². The molecule has 0 fully saturated rings. The lowest BCUT2D eigenvalue weighted by atomic mass is 9.97. The SMILES string of the molecule is CCCCCc1ccc(-c2ccc(-c3ccc(-c4cc(CO)cc(OOC)c4)cc3)cc2)cc1. The molecule has 0 saturated carbocycles. The molecule has 0 unspecified atom stereocenters. The minimum atomic E-state index is -0.0556. The maximum absolute atomic E-state index is 9.56. The fraction of sp³-hybridized carbons (Fsp3) is 0.226. The van der Waals surface area contributed by atoms with Crippen LogP contribution in [0.2, 0.25) is 0 Å². The van der Waals surface area contributed by atoms with E-state index in [4.69, 9.17) is 9.78 Å². The number of hydrogen-bond acceptors (Lipinski definition) is 3. The van der Waals surface area contributed by atoms with Gasteiger partial charge in [-0.3, -0.25) is 0 Å². The first-order chi connectivity index (χ1) is 16.7. The molecular weight excluding hydrogens is 420 g/mol. The van der Waals surface area contributed by atoms with E-state index in [1.165, 1.54) is 48.6 Å². The third-order valence-corrected chi connectivity index (χ3v) is 6.12. The summed E-state index contributed by atoms with van der Waals surface area (Å²) in [5.74, 6) is 0.567. The summed E-state index contributed by atoms with van der Waals surface area (Å²) in [6.45, 7) is 2.19. The van der Waals surface area contributed by atoms with Gasteiger partial charge in [-0.1, -0.05) is 92.6 Å². The third-order valence-electron chi connectivity index (χ3n) is 6.12. The summed E-state index contributed by atoms with van der Waals surface area (Å²) in [7, 11) is 1.47. The van der Waals surface area contributed by atoms with Gasteiger partial charge in [0.15, 0.2) is 5.75 Å². The highest BCUT2D eigenvalue weighted by molar-refractivity contribution is 5.74. The van der Waals surface area contributed by atoms with Crippen molar-refractivity contribution in [1.29, 1.82) is 0 Å². The fourth-order valence-corrected chi connectivity index (χ4v) is 4.22. The van der Waals surface area contributed by atoms with Crippen molar-refractivity contribution < 1.29 is 14.9 Å². The Balaban J connectivity index is 1.48. The zero-order chi connectivity index (χ0) is 23.8. The Morgan fingerprint density at radius 3 is 1.56 bits per heavy atom. The zero-order valence-electron chi connectivity index (χ0n) is 20.0. The molecule has 1 N–H and O–H groups in total. The van der Waals surface area contributed by atoms with Crippen LogP contribution < -0.4 is 4.89 Å². The van der Waals surface area contributed by atoms with E-state index >= 15 is 0 Å². The molecule has 174 valence electrons. The van der Waals surface area contributed by atoms with Gasteiger partial charge in [0, 0.05) is 0 Å². The summed E-state index contributed by atoms with van der Waals surface area (Å²) in [5.41, 5.74) is 9.03. The minimum Gasteiger partial charge on any atom is -0.392 e. The van der Waals surface area contributed by atoms with Crippen molar-refractivity contribution in [1.82, 2.24) is 0 Å². The van der Waals surface area contributed by atoms with E-state index in [1.807, 2.05) is 12.1 Å². The molecule has 0 radical (unpaired) electrons. The van der Waals surface area contributed by atoms with Crippen LogP contribution in [0, 0.1) is 0 Å². The Morgan fingerprint density at radius 1 is 0.588 bits per heavy atom. The molecule has 34 heavy (non-hydrogen) atoms. The van der Waals surface area contributed by atoms with Crippen LogP contribution in [0.1, 0.15) is 37.3 Å². The molecule has 0 saturated heterocycles. The summed E-state index contributed by atoms with van der Waals surface area (Å²) < 4.78 is 0. The lowest BCUT2D eigenvalue weighted by Gasteiger charge is -2.10. The van der Waals surface area contributed by atoms with Gasteiger partial charge >= 0.3 is 0 Å². The summed E-state index contributed by atoms with van der Waals surface area (Å²) in [4.78, 5) is 9.95. The third kappa shape index (κ3) is 5.93. The van der Waals surface area contributed by atoms with Gasteiger partial charge in [-0.25, -0.2) is 0 Å². The monoisotopic (exact) mass is 452 g/mol. The standard InChI is InChI=1S/C31H32O3/c1-3-4-5-6-23-7-9-25(10-8-23)26-11-13-27(14-12-26)28-15-17-29(18-16-28)30-19-24(22-32)20-31(21-30)34-33-2/h7-21,32H,3-6,22H2,1-2H3. The van der Waals surface area contributed by atoms with Crippen molar-refractivity contribution in [2.24, 2.45) is 0 Å². The second-order valence-corrected chi connectivity index (χ2v) is 8.58. The maximum Gasteiger partial charge on any atom is 0.166 e. The van der Waals surface area contributed by atoms with Gasteiger partial charge in [-0.15, -0.1) is 0 Å². The van der Waals surface area contributed by atoms with E-state index < -0.39 is 0 Å². The first-order valence-electron chi connectivity index (χ1n) is 12.0. The molecule has 0 aliphatic heterocycles. The van der Waals surface area contributed by atoms with Crippen LogP contribution in [0.4, 0.5) is 0 Å². The highest BCUT2D eigenvalue weighted by Gasteiger charge is 2.07. The van der Waals surface area contributed by atoms with Gasteiger partial charge in [0.2, 0.25) is 0 Å². The van der Waals surface area contributed by atoms with Crippen LogP contribution in [0.25, 0.3) is 33.4 Å². The average molecular weight is 453 g/mol. The minimum absolute atomic E-state index is 0.0556. The predicted octanol–water partition coefficient (Wildman–Crippen LogP) is 7.85. The molecule has 0 amide bonds. The first-order valence-corrected chi connectivity index (χ1v) is 12.0. The lowest BCUT2D eigenvalue weighted by molar-refractivity contribution is -0.178. The number of benzene rings is 4. The molecule has 0 atom stereocenters. The largest absolute Gasteiger partial charge is 0.392 e. The first kappa shape index (κ1) is 23.7. The molecular formula is C31H32O3. The lowest BCUT2D eigenvalue weighted by Crippen LogP contribution is -1.93. The van der Waals surface area contributed by atoms with Crippen LogP contribution in [-0.2, 0) is 17.9 Å². The Kier molecular flexibility index (Phi) is 8.13. The molecule has 4 aromatic rings. The van der Waals surface area contributed by atoms with Gasteiger partial charge in [0.25, 0.3) is 0 Å². The van der Waals surface area contributed by atoms with E-state index in [0.29, 0.717) is 5.75 Å². The average Bonchev–Trinajstić information content (AvgIpc) is 2.89. The molecule has 4 rings (SSSR count). The Morgan fingerprint density at radius 2 is 1.09 bits per heavy atom.